The van der Waals surface area contributed by atoms with Crippen molar-refractivity contribution in [2.24, 2.45) is 11.7 Å². The molecule has 0 radical (unpaired) electrons. The molecule has 4 rings (SSSR count). The van der Waals surface area contributed by atoms with E-state index in [1.165, 1.54) is 18.5 Å². The van der Waals surface area contributed by atoms with Gasteiger partial charge in [0.05, 0.1) is 29.1 Å². The number of nitrogens with two attached hydrogens (primary N) is 1. The molecule has 32 heavy (non-hydrogen) atoms. The first-order valence-electron chi connectivity index (χ1n) is 11.0. The first-order valence-corrected chi connectivity index (χ1v) is 11.0. The van der Waals surface area contributed by atoms with Crippen molar-refractivity contribution in [2.45, 2.75) is 50.7 Å². The van der Waals surface area contributed by atoms with Gasteiger partial charge >= 0.3 is 11.8 Å². The van der Waals surface area contributed by atoms with Gasteiger partial charge in [0.2, 0.25) is 5.91 Å². The Hall–Kier alpha value is -3.26. The number of hydrogen-bond donors (Lipinski definition) is 3. The van der Waals surface area contributed by atoms with Crippen LogP contribution in [0.3, 0.4) is 0 Å². The SMILES string of the molecule is C[C@@H]1CC[C@@H](c2ccc(C3(O)CCC3)cc2)N(C(=O)C(=O)Nc2cncc(C(N)=O)c2)C1. The van der Waals surface area contributed by atoms with E-state index in [4.69, 9.17) is 5.73 Å². The number of aliphatic hydroxyl groups is 1. The fraction of sp³-hybridized carbons (Fsp3) is 0.417. The van der Waals surface area contributed by atoms with Crippen LogP contribution in [-0.2, 0) is 15.2 Å². The van der Waals surface area contributed by atoms with Crippen LogP contribution in [0.4, 0.5) is 5.69 Å². The zero-order chi connectivity index (χ0) is 22.9. The Balaban J connectivity index is 1.51. The topological polar surface area (TPSA) is 126 Å². The highest BCUT2D eigenvalue weighted by Gasteiger charge is 2.37. The average molecular weight is 437 g/mol. The maximum atomic E-state index is 13.1. The lowest BCUT2D eigenvalue weighted by Gasteiger charge is -2.39. The van der Waals surface area contributed by atoms with E-state index in [2.05, 4.69) is 17.2 Å². The Morgan fingerprint density at radius 2 is 1.88 bits per heavy atom. The van der Waals surface area contributed by atoms with Crippen LogP contribution in [0, 0.1) is 5.92 Å². The number of nitrogens with one attached hydrogen (secondary N) is 1. The fourth-order valence-electron chi connectivity index (χ4n) is 4.50. The highest BCUT2D eigenvalue weighted by molar-refractivity contribution is 6.39. The molecule has 8 nitrogen and oxygen atoms in total. The van der Waals surface area contributed by atoms with Crippen LogP contribution in [0.1, 0.15) is 66.6 Å². The minimum atomic E-state index is -0.784. The number of anilines is 1. The molecule has 4 N–H and O–H groups in total. The van der Waals surface area contributed by atoms with Crippen LogP contribution >= 0.6 is 0 Å². The molecule has 1 aliphatic carbocycles. The molecular weight excluding hydrogens is 408 g/mol. The highest BCUT2D eigenvalue weighted by Crippen LogP contribution is 2.42. The number of aromatic nitrogens is 1. The summed E-state index contributed by atoms with van der Waals surface area (Å²) in [5, 5.41) is 13.1. The third-order valence-corrected chi connectivity index (χ3v) is 6.57. The molecule has 2 aliphatic rings. The number of rotatable bonds is 4. The van der Waals surface area contributed by atoms with Crippen LogP contribution in [-0.4, -0.2) is 39.3 Å². The summed E-state index contributed by atoms with van der Waals surface area (Å²) in [5.41, 5.74) is 6.75. The molecule has 2 fully saturated rings. The largest absolute Gasteiger partial charge is 0.385 e. The van der Waals surface area contributed by atoms with Gasteiger partial charge in [0, 0.05) is 12.7 Å². The number of carbonyl (C=O) groups is 3. The molecule has 1 aromatic carbocycles. The molecule has 0 bridgehead atoms. The molecule has 2 aromatic rings. The summed E-state index contributed by atoms with van der Waals surface area (Å²) in [6, 6.07) is 8.92. The summed E-state index contributed by atoms with van der Waals surface area (Å²) >= 11 is 0. The number of amides is 3. The number of carbonyl (C=O) groups excluding carboxylic acids is 3. The van der Waals surface area contributed by atoms with Crippen LogP contribution in [0.2, 0.25) is 0 Å². The Morgan fingerprint density at radius 3 is 2.50 bits per heavy atom. The van der Waals surface area contributed by atoms with Gasteiger partial charge < -0.3 is 21.1 Å². The molecular formula is C24H28N4O4. The average Bonchev–Trinajstić information content (AvgIpc) is 2.77. The van der Waals surface area contributed by atoms with E-state index >= 15 is 0 Å². The monoisotopic (exact) mass is 436 g/mol. The maximum Gasteiger partial charge on any atom is 0.313 e. The third-order valence-electron chi connectivity index (χ3n) is 6.57. The van der Waals surface area contributed by atoms with Crippen LogP contribution in [0.5, 0.6) is 0 Å². The van der Waals surface area contributed by atoms with E-state index < -0.39 is 23.3 Å². The van der Waals surface area contributed by atoms with Crippen molar-refractivity contribution in [3.63, 3.8) is 0 Å². The highest BCUT2D eigenvalue weighted by atomic mass is 16.3. The standard InChI is InChI=1S/C24H28N4O4/c1-15-3-8-20(16-4-6-18(7-5-16)24(32)9-2-10-24)28(14-15)23(31)22(30)27-19-11-17(21(25)29)12-26-13-19/h4-7,11-13,15,20,32H,2-3,8-10,14H2,1H3,(H2,25,29)(H,27,30)/t15-,20+/m1/s1. The van der Waals surface area contributed by atoms with Crippen molar-refractivity contribution in [3.05, 3.63) is 59.4 Å². The Bertz CT molecular complexity index is 1030. The lowest BCUT2D eigenvalue weighted by molar-refractivity contribution is -0.146. The molecule has 168 valence electrons. The van der Waals surface area contributed by atoms with Gasteiger partial charge in [-0.1, -0.05) is 31.2 Å². The van der Waals surface area contributed by atoms with Gasteiger partial charge in [-0.15, -0.1) is 0 Å². The minimum Gasteiger partial charge on any atom is -0.385 e. The van der Waals surface area contributed by atoms with E-state index in [-0.39, 0.29) is 23.2 Å². The molecule has 1 aromatic heterocycles. The van der Waals surface area contributed by atoms with Crippen LogP contribution < -0.4 is 11.1 Å². The van der Waals surface area contributed by atoms with Gasteiger partial charge in [-0.2, -0.15) is 0 Å². The smallest absolute Gasteiger partial charge is 0.313 e. The number of nitrogens with zero attached hydrogens (tertiary/aromatic N) is 2. The summed E-state index contributed by atoms with van der Waals surface area (Å²) in [4.78, 5) is 42.7. The normalized spacial score (nSPS) is 22.0. The van der Waals surface area contributed by atoms with E-state index in [1.807, 2.05) is 24.3 Å². The first kappa shape index (κ1) is 22.0. The number of likely N-dealkylation sites (tertiary alicyclic amines) is 1. The molecule has 1 aliphatic heterocycles. The molecule has 1 saturated carbocycles. The van der Waals surface area contributed by atoms with Crippen molar-refractivity contribution >= 4 is 23.4 Å². The zero-order valence-electron chi connectivity index (χ0n) is 18.1. The Kier molecular flexibility index (Phi) is 5.97. The lowest BCUT2D eigenvalue weighted by atomic mass is 9.75. The number of hydrogen-bond acceptors (Lipinski definition) is 5. The van der Waals surface area contributed by atoms with Crippen molar-refractivity contribution in [1.29, 1.82) is 0 Å². The fourth-order valence-corrected chi connectivity index (χ4v) is 4.50. The maximum absolute atomic E-state index is 13.1. The summed E-state index contributed by atoms with van der Waals surface area (Å²) in [7, 11) is 0. The molecule has 3 amide bonds. The molecule has 2 atom stereocenters. The van der Waals surface area contributed by atoms with E-state index in [0.29, 0.717) is 6.54 Å². The quantitative estimate of drug-likeness (QED) is 0.635. The summed E-state index contributed by atoms with van der Waals surface area (Å²) in [6.07, 6.45) is 6.92. The van der Waals surface area contributed by atoms with Gasteiger partial charge in [0.1, 0.15) is 0 Å². The lowest BCUT2D eigenvalue weighted by Crippen LogP contribution is -2.46. The summed E-state index contributed by atoms with van der Waals surface area (Å²) in [5.74, 6) is -1.81. The van der Waals surface area contributed by atoms with Gasteiger partial charge in [-0.25, -0.2) is 0 Å². The van der Waals surface area contributed by atoms with Crippen LogP contribution in [0.25, 0.3) is 0 Å². The van der Waals surface area contributed by atoms with Gasteiger partial charge in [-0.05, 0) is 55.2 Å². The molecule has 8 heteroatoms. The van der Waals surface area contributed by atoms with Crippen molar-refractivity contribution in [2.75, 3.05) is 11.9 Å². The molecule has 0 spiro atoms. The summed E-state index contributed by atoms with van der Waals surface area (Å²) in [6.45, 7) is 2.53. The molecule has 1 saturated heterocycles. The minimum absolute atomic E-state index is 0.146. The van der Waals surface area contributed by atoms with Gasteiger partial charge in [0.15, 0.2) is 0 Å². The summed E-state index contributed by atoms with van der Waals surface area (Å²) < 4.78 is 0. The van der Waals surface area contributed by atoms with E-state index in [0.717, 1.165) is 43.2 Å². The predicted molar refractivity (Wildman–Crippen MR) is 118 cm³/mol. The van der Waals surface area contributed by atoms with Crippen molar-refractivity contribution < 1.29 is 19.5 Å². The van der Waals surface area contributed by atoms with Gasteiger partial charge in [-0.3, -0.25) is 19.4 Å². The second-order valence-corrected chi connectivity index (χ2v) is 8.94. The first-order chi connectivity index (χ1) is 15.3. The number of primary amides is 1. The third kappa shape index (κ3) is 4.36. The predicted octanol–water partition coefficient (Wildman–Crippen LogP) is 2.49. The molecule has 2 heterocycles. The second-order valence-electron chi connectivity index (χ2n) is 8.94. The Labute approximate surface area is 186 Å². The van der Waals surface area contributed by atoms with Crippen molar-refractivity contribution in [1.82, 2.24) is 9.88 Å². The number of benzene rings is 1. The Morgan fingerprint density at radius 1 is 1.16 bits per heavy atom. The zero-order valence-corrected chi connectivity index (χ0v) is 18.1. The molecule has 0 unspecified atom stereocenters. The van der Waals surface area contributed by atoms with E-state index in [9.17, 15) is 19.5 Å². The van der Waals surface area contributed by atoms with Gasteiger partial charge in [0.25, 0.3) is 0 Å². The van der Waals surface area contributed by atoms with E-state index in [1.54, 1.807) is 4.90 Å². The second kappa shape index (κ2) is 8.70. The number of pyridine rings is 1. The number of piperidine rings is 1. The van der Waals surface area contributed by atoms with Crippen LogP contribution in [0.15, 0.2) is 42.7 Å². The van der Waals surface area contributed by atoms with Crippen molar-refractivity contribution in [3.8, 4) is 0 Å².